The molecule has 0 aromatic heterocycles. The van der Waals surface area contributed by atoms with Crippen LogP contribution in [-0.2, 0) is 26.2 Å². The van der Waals surface area contributed by atoms with Crippen molar-refractivity contribution in [1.82, 2.24) is 10.2 Å². The number of nitrogens with zero attached hydrogens (tertiary/aromatic N) is 2. The number of hydrogen-bond acceptors (Lipinski definition) is 4. The number of nitrogens with one attached hydrogen (secondary N) is 1. The van der Waals surface area contributed by atoms with Crippen molar-refractivity contribution in [2.75, 3.05) is 17.9 Å². The van der Waals surface area contributed by atoms with Gasteiger partial charge in [0.05, 0.1) is 20.6 Å². The lowest BCUT2D eigenvalue weighted by atomic mass is 10.1. The van der Waals surface area contributed by atoms with Crippen LogP contribution in [0.5, 0.6) is 0 Å². The summed E-state index contributed by atoms with van der Waals surface area (Å²) < 4.78 is 28.8. The molecule has 38 heavy (non-hydrogen) atoms. The second-order valence-electron chi connectivity index (χ2n) is 8.82. The predicted molar refractivity (Wildman–Crippen MR) is 152 cm³/mol. The van der Waals surface area contributed by atoms with E-state index in [1.165, 1.54) is 30.1 Å². The van der Waals surface area contributed by atoms with Crippen LogP contribution in [0.25, 0.3) is 0 Å². The molecule has 0 aliphatic heterocycles. The zero-order valence-electron chi connectivity index (χ0n) is 21.3. The number of aryl methyl sites for hydroxylation is 2. The molecule has 0 spiro atoms. The van der Waals surface area contributed by atoms with Gasteiger partial charge in [0.15, 0.2) is 0 Å². The summed E-state index contributed by atoms with van der Waals surface area (Å²) in [4.78, 5) is 27.7. The minimum atomic E-state index is -4.19. The third-order valence-electron chi connectivity index (χ3n) is 6.08. The lowest BCUT2D eigenvalue weighted by Crippen LogP contribution is -2.50. The molecule has 3 aromatic rings. The monoisotopic (exact) mass is 595 g/mol. The van der Waals surface area contributed by atoms with E-state index in [2.05, 4.69) is 5.32 Å². The van der Waals surface area contributed by atoms with Crippen molar-refractivity contribution in [3.05, 3.63) is 92.4 Å². The van der Waals surface area contributed by atoms with Crippen LogP contribution in [0.1, 0.15) is 23.6 Å². The third kappa shape index (κ3) is 6.80. The van der Waals surface area contributed by atoms with Crippen molar-refractivity contribution in [3.63, 3.8) is 0 Å². The van der Waals surface area contributed by atoms with Crippen LogP contribution >= 0.6 is 34.8 Å². The molecule has 0 radical (unpaired) electrons. The van der Waals surface area contributed by atoms with Gasteiger partial charge >= 0.3 is 0 Å². The van der Waals surface area contributed by atoms with Gasteiger partial charge in [0, 0.05) is 18.6 Å². The highest BCUT2D eigenvalue weighted by atomic mass is 35.5. The highest BCUT2D eigenvalue weighted by Crippen LogP contribution is 2.30. The van der Waals surface area contributed by atoms with Gasteiger partial charge in [0.2, 0.25) is 11.8 Å². The number of benzene rings is 3. The van der Waals surface area contributed by atoms with Crippen LogP contribution < -0.4 is 9.62 Å². The van der Waals surface area contributed by atoms with Crippen molar-refractivity contribution in [2.45, 2.75) is 38.3 Å². The van der Waals surface area contributed by atoms with Crippen LogP contribution in [-0.4, -0.2) is 44.8 Å². The summed E-state index contributed by atoms with van der Waals surface area (Å²) in [5.41, 5.74) is 2.37. The fourth-order valence-corrected chi connectivity index (χ4v) is 5.79. The Hall–Kier alpha value is -2.78. The molecule has 0 aliphatic rings. The van der Waals surface area contributed by atoms with Crippen LogP contribution in [0, 0.1) is 13.8 Å². The topological polar surface area (TPSA) is 86.8 Å². The Balaban J connectivity index is 2.08. The van der Waals surface area contributed by atoms with Crippen LogP contribution in [0.2, 0.25) is 15.1 Å². The summed E-state index contributed by atoms with van der Waals surface area (Å²) in [5.74, 6) is -1.01. The predicted octanol–water partition coefficient (Wildman–Crippen LogP) is 5.62. The first-order valence-electron chi connectivity index (χ1n) is 11.7. The molecule has 11 heteroatoms. The van der Waals surface area contributed by atoms with E-state index < -0.39 is 34.4 Å². The van der Waals surface area contributed by atoms with Gasteiger partial charge in [-0.2, -0.15) is 0 Å². The van der Waals surface area contributed by atoms with Crippen LogP contribution in [0.3, 0.4) is 0 Å². The molecule has 0 fully saturated rings. The van der Waals surface area contributed by atoms with Crippen molar-refractivity contribution < 1.29 is 18.0 Å². The molecule has 3 aromatic carbocycles. The minimum Gasteiger partial charge on any atom is -0.357 e. The van der Waals surface area contributed by atoms with Gasteiger partial charge in [-0.3, -0.25) is 13.9 Å². The summed E-state index contributed by atoms with van der Waals surface area (Å²) >= 11 is 18.4. The number of anilines is 1. The lowest BCUT2D eigenvalue weighted by molar-refractivity contribution is -0.139. The van der Waals surface area contributed by atoms with E-state index in [0.29, 0.717) is 26.2 Å². The normalized spacial score (nSPS) is 12.1. The number of sulfonamides is 1. The number of carbonyl (C=O) groups is 2. The van der Waals surface area contributed by atoms with E-state index >= 15 is 0 Å². The molecule has 202 valence electrons. The Labute approximate surface area is 238 Å². The summed E-state index contributed by atoms with van der Waals surface area (Å²) in [6.45, 7) is 4.57. The molecule has 2 amide bonds. The molecule has 1 N–H and O–H groups in total. The van der Waals surface area contributed by atoms with Crippen molar-refractivity contribution in [1.29, 1.82) is 0 Å². The number of halogens is 3. The number of amides is 2. The molecular formula is C27H28Cl3N3O4S. The molecule has 0 aliphatic carbocycles. The van der Waals surface area contributed by atoms with Crippen molar-refractivity contribution in [3.8, 4) is 0 Å². The molecule has 0 saturated carbocycles. The van der Waals surface area contributed by atoms with Gasteiger partial charge in [0.25, 0.3) is 10.0 Å². The molecule has 0 heterocycles. The molecule has 0 unspecified atom stereocenters. The Bertz CT molecular complexity index is 1450. The highest BCUT2D eigenvalue weighted by Gasteiger charge is 2.33. The Morgan fingerprint density at radius 3 is 2.18 bits per heavy atom. The molecule has 0 bridgehead atoms. The smallest absolute Gasteiger partial charge is 0.264 e. The largest absolute Gasteiger partial charge is 0.357 e. The lowest BCUT2D eigenvalue weighted by Gasteiger charge is -2.32. The Kier molecular flexibility index (Phi) is 9.70. The highest BCUT2D eigenvalue weighted by molar-refractivity contribution is 7.92. The molecule has 1 atom stereocenters. The van der Waals surface area contributed by atoms with Crippen molar-refractivity contribution >= 4 is 62.3 Å². The Morgan fingerprint density at radius 2 is 1.58 bits per heavy atom. The zero-order valence-corrected chi connectivity index (χ0v) is 24.4. The van der Waals surface area contributed by atoms with E-state index in [0.717, 1.165) is 9.87 Å². The molecule has 0 saturated heterocycles. The maximum Gasteiger partial charge on any atom is 0.264 e. The summed E-state index contributed by atoms with van der Waals surface area (Å²) in [7, 11) is -2.72. The third-order valence-corrected chi connectivity index (χ3v) is 8.83. The van der Waals surface area contributed by atoms with Crippen LogP contribution in [0.4, 0.5) is 5.69 Å². The summed E-state index contributed by atoms with van der Waals surface area (Å²) in [6, 6.07) is 15.1. The maximum atomic E-state index is 13.9. The SMILES string of the molecule is CNC(=O)[C@@H](C)N(Cc1ccc(Cl)c(Cl)c1)C(=O)CN(c1cc(Cl)ccc1C)S(=O)(=O)c1ccc(C)cc1. The number of carbonyl (C=O) groups excluding carboxylic acids is 2. The van der Waals surface area contributed by atoms with Gasteiger partial charge in [-0.1, -0.05) is 64.6 Å². The first-order valence-corrected chi connectivity index (χ1v) is 14.2. The number of hydrogen-bond donors (Lipinski definition) is 1. The van der Waals surface area contributed by atoms with E-state index in [1.807, 2.05) is 6.92 Å². The van der Waals surface area contributed by atoms with Gasteiger partial charge in [-0.05, 0) is 68.3 Å². The fraction of sp³-hybridized carbons (Fsp3) is 0.259. The van der Waals surface area contributed by atoms with E-state index in [9.17, 15) is 18.0 Å². The molecular weight excluding hydrogens is 569 g/mol. The average molecular weight is 597 g/mol. The standard InChI is InChI=1S/C27H28Cl3N3O4S/c1-17-5-10-22(11-6-17)38(36,37)33(25-14-21(28)9-7-18(25)2)16-26(34)32(19(3)27(35)31-4)15-20-8-12-23(29)24(30)13-20/h5-14,19H,15-16H2,1-4H3,(H,31,35)/t19-/m1/s1. The van der Waals surface area contributed by atoms with Gasteiger partial charge in [-0.25, -0.2) is 8.42 Å². The maximum absolute atomic E-state index is 13.9. The van der Waals surface area contributed by atoms with Gasteiger partial charge in [0.1, 0.15) is 12.6 Å². The van der Waals surface area contributed by atoms with E-state index in [1.54, 1.807) is 56.3 Å². The number of likely N-dealkylation sites (N-methyl/N-ethyl adjacent to an activating group) is 1. The van der Waals surface area contributed by atoms with Gasteiger partial charge in [-0.15, -0.1) is 0 Å². The number of rotatable bonds is 9. The first kappa shape index (κ1) is 29.8. The van der Waals surface area contributed by atoms with E-state index in [-0.39, 0.29) is 17.1 Å². The summed E-state index contributed by atoms with van der Waals surface area (Å²) in [5, 5.41) is 3.49. The minimum absolute atomic E-state index is 0.00272. The van der Waals surface area contributed by atoms with Crippen LogP contribution in [0.15, 0.2) is 65.6 Å². The molecule has 7 nitrogen and oxygen atoms in total. The second-order valence-corrected chi connectivity index (χ2v) is 11.9. The average Bonchev–Trinajstić information content (AvgIpc) is 2.88. The fourth-order valence-electron chi connectivity index (χ4n) is 3.83. The second kappa shape index (κ2) is 12.4. The van der Waals surface area contributed by atoms with Crippen molar-refractivity contribution in [2.24, 2.45) is 0 Å². The molecule has 3 rings (SSSR count). The Morgan fingerprint density at radius 1 is 0.921 bits per heavy atom. The summed E-state index contributed by atoms with van der Waals surface area (Å²) in [6.07, 6.45) is 0. The van der Waals surface area contributed by atoms with Gasteiger partial charge < -0.3 is 10.2 Å². The van der Waals surface area contributed by atoms with E-state index in [4.69, 9.17) is 34.8 Å². The quantitative estimate of drug-likeness (QED) is 0.347. The zero-order chi connectivity index (χ0) is 28.2. The first-order chi connectivity index (χ1) is 17.8.